The lowest BCUT2D eigenvalue weighted by molar-refractivity contribution is 0.668. The number of hydrogen-bond donors (Lipinski definition) is 0. The first kappa shape index (κ1) is 4.52. The van der Waals surface area contributed by atoms with E-state index in [9.17, 15) is 0 Å². The maximum Gasteiger partial charge on any atom is 0.276 e. The molecular formula is C2N6. The van der Waals surface area contributed by atoms with Gasteiger partial charge in [-0.2, -0.15) is 5.26 Å². The van der Waals surface area contributed by atoms with E-state index < -0.39 is 0 Å². The van der Waals surface area contributed by atoms with Crippen LogP contribution in [-0.4, -0.2) is 25.8 Å². The average molecular weight is 108 g/mol. The molecule has 0 amide bonds. The second kappa shape index (κ2) is 1.88. The van der Waals surface area contributed by atoms with Gasteiger partial charge >= 0.3 is 0 Å². The number of rotatable bonds is 0. The van der Waals surface area contributed by atoms with Crippen LogP contribution in [0.1, 0.15) is 5.82 Å². The summed E-state index contributed by atoms with van der Waals surface area (Å²) in [5.41, 5.74) is 0. The van der Waals surface area contributed by atoms with Crippen LogP contribution in [-0.2, 0) is 0 Å². The summed E-state index contributed by atoms with van der Waals surface area (Å²) < 4.78 is 0. The van der Waals surface area contributed by atoms with Crippen molar-refractivity contribution in [3.63, 3.8) is 0 Å². The lowest BCUT2D eigenvalue weighted by atomic mass is 10.7. The molecule has 1 aromatic rings. The van der Waals surface area contributed by atoms with Gasteiger partial charge in [-0.3, -0.25) is 0 Å². The van der Waals surface area contributed by atoms with Crippen molar-refractivity contribution in [2.24, 2.45) is 0 Å². The minimum atomic E-state index is -0.0694. The summed E-state index contributed by atoms with van der Waals surface area (Å²) in [6.07, 6.45) is 0. The van der Waals surface area contributed by atoms with E-state index in [0.717, 1.165) is 0 Å². The summed E-state index contributed by atoms with van der Waals surface area (Å²) in [6, 6.07) is 1.64. The van der Waals surface area contributed by atoms with Crippen molar-refractivity contribution >= 4 is 0 Å². The van der Waals surface area contributed by atoms with E-state index in [-0.39, 0.29) is 5.82 Å². The van der Waals surface area contributed by atoms with Gasteiger partial charge in [0.25, 0.3) is 5.82 Å². The first-order valence-corrected chi connectivity index (χ1v) is 1.72. The third-order valence-corrected chi connectivity index (χ3v) is 0.459. The van der Waals surface area contributed by atoms with Crippen LogP contribution >= 0.6 is 0 Å². The summed E-state index contributed by atoms with van der Waals surface area (Å²) >= 11 is 0. The van der Waals surface area contributed by atoms with Crippen molar-refractivity contribution in [1.82, 2.24) is 25.8 Å². The van der Waals surface area contributed by atoms with Crippen molar-refractivity contribution in [1.29, 1.82) is 5.26 Å². The van der Waals surface area contributed by atoms with Crippen LogP contribution in [0, 0.1) is 11.3 Å². The molecular weight excluding hydrogens is 108 g/mol. The normalized spacial score (nSPS) is 7.88. The molecule has 1 rings (SSSR count). The van der Waals surface area contributed by atoms with Gasteiger partial charge in [0.1, 0.15) is 6.07 Å². The molecule has 6 nitrogen and oxygen atoms in total. The highest BCUT2D eigenvalue weighted by Gasteiger charge is 1.87. The van der Waals surface area contributed by atoms with Crippen molar-refractivity contribution in [2.75, 3.05) is 0 Å². The monoisotopic (exact) mass is 108 g/mol. The van der Waals surface area contributed by atoms with Gasteiger partial charge in [0.2, 0.25) is 0 Å². The Labute approximate surface area is 44.2 Å². The number of nitriles is 1. The third-order valence-electron chi connectivity index (χ3n) is 0.459. The van der Waals surface area contributed by atoms with Crippen molar-refractivity contribution in [3.8, 4) is 6.07 Å². The SMILES string of the molecule is N#Cc1nnnnn1. The molecule has 0 N–H and O–H groups in total. The summed E-state index contributed by atoms with van der Waals surface area (Å²) in [5, 5.41) is 23.6. The number of nitrogens with zero attached hydrogens (tertiary/aromatic N) is 6. The van der Waals surface area contributed by atoms with Gasteiger partial charge in [-0.05, 0) is 15.6 Å². The fourth-order valence-electron chi connectivity index (χ4n) is 0.207. The maximum atomic E-state index is 8.05. The molecule has 6 heteroatoms. The maximum absolute atomic E-state index is 8.05. The van der Waals surface area contributed by atoms with Crippen molar-refractivity contribution in [3.05, 3.63) is 5.82 Å². The predicted molar refractivity (Wildman–Crippen MR) is 20.1 cm³/mol. The van der Waals surface area contributed by atoms with Crippen LogP contribution in [0.25, 0.3) is 0 Å². The standard InChI is InChI=1S/C2N6/c3-1-2-4-6-8-7-5-2. The predicted octanol–water partition coefficient (Wildman–Crippen LogP) is -1.47. The molecule has 0 saturated carbocycles. The second-order valence-electron chi connectivity index (χ2n) is 0.904. The summed E-state index contributed by atoms with van der Waals surface area (Å²) in [6.45, 7) is 0. The number of aromatic nitrogens is 5. The van der Waals surface area contributed by atoms with Crippen LogP contribution in [0.4, 0.5) is 0 Å². The number of hydrogen-bond acceptors (Lipinski definition) is 6. The van der Waals surface area contributed by atoms with Gasteiger partial charge in [-0.15, -0.1) is 0 Å². The first-order chi connectivity index (χ1) is 3.93. The van der Waals surface area contributed by atoms with E-state index in [1.165, 1.54) is 0 Å². The molecule has 0 spiro atoms. The van der Waals surface area contributed by atoms with Crippen LogP contribution < -0.4 is 0 Å². The molecule has 0 saturated heterocycles. The Morgan fingerprint density at radius 2 is 1.75 bits per heavy atom. The fourth-order valence-corrected chi connectivity index (χ4v) is 0.207. The van der Waals surface area contributed by atoms with Crippen LogP contribution in [0.15, 0.2) is 0 Å². The molecule has 0 aliphatic heterocycles. The van der Waals surface area contributed by atoms with Crippen LogP contribution in [0.5, 0.6) is 0 Å². The Bertz CT molecular complexity index is 198. The van der Waals surface area contributed by atoms with E-state index in [1.54, 1.807) is 6.07 Å². The van der Waals surface area contributed by atoms with Gasteiger partial charge in [0.15, 0.2) is 0 Å². The molecule has 8 heavy (non-hydrogen) atoms. The van der Waals surface area contributed by atoms with Crippen LogP contribution in [0.2, 0.25) is 0 Å². The first-order valence-electron chi connectivity index (χ1n) is 1.72. The Balaban J connectivity index is 3.05. The highest BCUT2D eigenvalue weighted by atomic mass is 15.5. The van der Waals surface area contributed by atoms with Gasteiger partial charge in [-0.1, -0.05) is 10.2 Å². The second-order valence-corrected chi connectivity index (χ2v) is 0.904. The van der Waals surface area contributed by atoms with E-state index >= 15 is 0 Å². The lowest BCUT2D eigenvalue weighted by Crippen LogP contribution is -1.97. The van der Waals surface area contributed by atoms with Crippen molar-refractivity contribution < 1.29 is 0 Å². The molecule has 0 atom stereocenters. The Hall–Kier alpha value is -1.64. The molecule has 1 heterocycles. The van der Waals surface area contributed by atoms with E-state index in [4.69, 9.17) is 5.26 Å². The highest BCUT2D eigenvalue weighted by Crippen LogP contribution is 1.69. The smallest absolute Gasteiger partial charge is 0.189 e. The van der Waals surface area contributed by atoms with Crippen LogP contribution in [0.3, 0.4) is 0 Å². The molecule has 0 fully saturated rings. The topological polar surface area (TPSA) is 88.2 Å². The highest BCUT2D eigenvalue weighted by molar-refractivity contribution is 5.01. The molecule has 38 valence electrons. The van der Waals surface area contributed by atoms with E-state index in [1.807, 2.05) is 0 Å². The van der Waals surface area contributed by atoms with Gasteiger partial charge in [0.05, 0.1) is 0 Å². The zero-order chi connectivity index (χ0) is 5.82. The lowest BCUT2D eigenvalue weighted by Gasteiger charge is -1.74. The van der Waals surface area contributed by atoms with E-state index in [0.29, 0.717) is 0 Å². The zero-order valence-electron chi connectivity index (χ0n) is 3.68. The Morgan fingerprint density at radius 3 is 2.12 bits per heavy atom. The van der Waals surface area contributed by atoms with Crippen molar-refractivity contribution in [2.45, 2.75) is 0 Å². The summed E-state index contributed by atoms with van der Waals surface area (Å²) in [7, 11) is 0. The average Bonchev–Trinajstić information content (AvgIpc) is 1.90. The minimum absolute atomic E-state index is 0.0694. The fraction of sp³-hybridized carbons (Fsp3) is 0. The third kappa shape index (κ3) is 0.704. The Kier molecular flexibility index (Phi) is 1.06. The largest absolute Gasteiger partial charge is 0.276 e. The molecule has 0 aromatic carbocycles. The van der Waals surface area contributed by atoms with Gasteiger partial charge < -0.3 is 0 Å². The molecule has 1 aromatic heterocycles. The molecule has 0 aliphatic carbocycles. The van der Waals surface area contributed by atoms with Gasteiger partial charge in [-0.25, -0.2) is 0 Å². The van der Waals surface area contributed by atoms with E-state index in [2.05, 4.69) is 25.8 Å². The molecule has 0 radical (unpaired) electrons. The molecule has 0 bridgehead atoms. The quantitative estimate of drug-likeness (QED) is 0.403. The van der Waals surface area contributed by atoms with Gasteiger partial charge in [0, 0.05) is 0 Å². The summed E-state index contributed by atoms with van der Waals surface area (Å²) in [4.78, 5) is 0. The molecule has 0 aliphatic rings. The Morgan fingerprint density at radius 1 is 1.12 bits per heavy atom. The zero-order valence-corrected chi connectivity index (χ0v) is 3.68. The molecule has 0 unspecified atom stereocenters. The summed E-state index contributed by atoms with van der Waals surface area (Å²) in [5.74, 6) is -0.0694. The minimum Gasteiger partial charge on any atom is -0.189 e.